The predicted molar refractivity (Wildman–Crippen MR) is 106 cm³/mol. The maximum atomic E-state index is 12.3. The van der Waals surface area contributed by atoms with Crippen LogP contribution in [0.5, 0.6) is 0 Å². The van der Waals surface area contributed by atoms with E-state index in [2.05, 4.69) is 36.5 Å². The summed E-state index contributed by atoms with van der Waals surface area (Å²) in [7, 11) is 0. The van der Waals surface area contributed by atoms with Crippen LogP contribution < -0.4 is 5.32 Å². The van der Waals surface area contributed by atoms with Crippen LogP contribution in [0, 0.1) is 27.7 Å². The van der Waals surface area contributed by atoms with Gasteiger partial charge in [0.05, 0.1) is 21.6 Å². The summed E-state index contributed by atoms with van der Waals surface area (Å²) in [5.74, 6) is -0.170. The van der Waals surface area contributed by atoms with E-state index in [-0.39, 0.29) is 5.91 Å². The lowest BCUT2D eigenvalue weighted by Crippen LogP contribution is -2.26. The molecule has 0 aromatic carbocycles. The van der Waals surface area contributed by atoms with E-state index >= 15 is 0 Å². The SMILES string of the molecule is Cc1cc(C)n(CCCNC(=O)c2ccn(Cn3nc(C)c(Br)c3C)n2)n1. The number of nitrogens with one attached hydrogen (secondary N) is 1. The minimum absolute atomic E-state index is 0.170. The predicted octanol–water partition coefficient (Wildman–Crippen LogP) is 2.60. The smallest absolute Gasteiger partial charge is 0.271 e. The summed E-state index contributed by atoms with van der Waals surface area (Å²) in [5, 5.41) is 16.1. The topological polar surface area (TPSA) is 82.6 Å². The van der Waals surface area contributed by atoms with Crippen LogP contribution in [0.4, 0.5) is 0 Å². The second-order valence-electron chi connectivity index (χ2n) is 6.63. The van der Waals surface area contributed by atoms with Crippen molar-refractivity contribution in [2.45, 2.75) is 47.3 Å². The monoisotopic (exact) mass is 433 g/mol. The molecule has 27 heavy (non-hydrogen) atoms. The van der Waals surface area contributed by atoms with Crippen LogP contribution in [0.25, 0.3) is 0 Å². The number of hydrogen-bond acceptors (Lipinski definition) is 4. The van der Waals surface area contributed by atoms with E-state index in [4.69, 9.17) is 0 Å². The first kappa shape index (κ1) is 19.3. The highest BCUT2D eigenvalue weighted by atomic mass is 79.9. The van der Waals surface area contributed by atoms with E-state index in [0.29, 0.717) is 18.9 Å². The quantitative estimate of drug-likeness (QED) is 0.580. The molecule has 3 aromatic heterocycles. The minimum atomic E-state index is -0.170. The van der Waals surface area contributed by atoms with Crippen LogP contribution >= 0.6 is 15.9 Å². The third kappa shape index (κ3) is 4.47. The summed E-state index contributed by atoms with van der Waals surface area (Å²) in [6.07, 6.45) is 2.60. The second-order valence-corrected chi connectivity index (χ2v) is 7.42. The molecule has 0 radical (unpaired) electrons. The molecule has 0 spiro atoms. The molecule has 0 unspecified atom stereocenters. The zero-order valence-corrected chi connectivity index (χ0v) is 17.6. The highest BCUT2D eigenvalue weighted by Crippen LogP contribution is 2.19. The van der Waals surface area contributed by atoms with Crippen molar-refractivity contribution in [1.29, 1.82) is 0 Å². The fourth-order valence-electron chi connectivity index (χ4n) is 2.93. The Bertz CT molecular complexity index is 953. The van der Waals surface area contributed by atoms with E-state index in [0.717, 1.165) is 40.2 Å². The van der Waals surface area contributed by atoms with Crippen molar-refractivity contribution >= 4 is 21.8 Å². The molecule has 0 aliphatic carbocycles. The van der Waals surface area contributed by atoms with Crippen molar-refractivity contribution in [3.63, 3.8) is 0 Å². The van der Waals surface area contributed by atoms with Crippen molar-refractivity contribution in [1.82, 2.24) is 34.7 Å². The van der Waals surface area contributed by atoms with Gasteiger partial charge >= 0.3 is 0 Å². The van der Waals surface area contributed by atoms with Crippen LogP contribution in [0.1, 0.15) is 39.7 Å². The molecule has 3 heterocycles. The van der Waals surface area contributed by atoms with Gasteiger partial charge in [-0.15, -0.1) is 0 Å². The number of nitrogens with zero attached hydrogens (tertiary/aromatic N) is 6. The van der Waals surface area contributed by atoms with Crippen LogP contribution in [0.15, 0.2) is 22.8 Å². The Kier molecular flexibility index (Phi) is 5.79. The number of halogens is 1. The summed E-state index contributed by atoms with van der Waals surface area (Å²) in [6.45, 7) is 9.77. The number of aryl methyl sites for hydroxylation is 4. The number of hydrogen-bond donors (Lipinski definition) is 1. The zero-order valence-electron chi connectivity index (χ0n) is 16.0. The van der Waals surface area contributed by atoms with E-state index in [1.807, 2.05) is 43.1 Å². The molecule has 0 saturated heterocycles. The van der Waals surface area contributed by atoms with E-state index < -0.39 is 0 Å². The molecule has 0 bridgehead atoms. The van der Waals surface area contributed by atoms with Crippen LogP contribution in [-0.2, 0) is 13.2 Å². The average Bonchev–Trinajstić information content (AvgIpc) is 3.28. The Morgan fingerprint density at radius 2 is 1.93 bits per heavy atom. The van der Waals surface area contributed by atoms with E-state index in [9.17, 15) is 4.79 Å². The number of aromatic nitrogens is 6. The molecule has 0 fully saturated rings. The third-order valence-corrected chi connectivity index (χ3v) is 5.53. The molecular weight excluding hydrogens is 410 g/mol. The standard InChI is InChI=1S/C18H24BrN7O/c1-12-10-13(2)25(21-12)8-5-7-20-18(27)16-6-9-24(23-16)11-26-15(4)17(19)14(3)22-26/h6,9-10H,5,7-8,11H2,1-4H3,(H,20,27). The summed E-state index contributed by atoms with van der Waals surface area (Å²) in [6, 6.07) is 3.77. The van der Waals surface area contributed by atoms with Gasteiger partial charge < -0.3 is 5.32 Å². The third-order valence-electron chi connectivity index (χ3n) is 4.38. The molecule has 3 rings (SSSR count). The van der Waals surface area contributed by atoms with Crippen LogP contribution in [0.2, 0.25) is 0 Å². The summed E-state index contributed by atoms with van der Waals surface area (Å²) in [4.78, 5) is 12.3. The van der Waals surface area contributed by atoms with Gasteiger partial charge in [0.1, 0.15) is 12.4 Å². The molecule has 0 atom stereocenters. The van der Waals surface area contributed by atoms with Gasteiger partial charge in [-0.1, -0.05) is 0 Å². The van der Waals surface area contributed by atoms with Gasteiger partial charge in [0.25, 0.3) is 5.91 Å². The van der Waals surface area contributed by atoms with Gasteiger partial charge in [-0.05, 0) is 62.2 Å². The second kappa shape index (κ2) is 8.08. The Morgan fingerprint density at radius 1 is 1.15 bits per heavy atom. The van der Waals surface area contributed by atoms with Crippen LogP contribution in [-0.4, -0.2) is 41.8 Å². The molecule has 1 amide bonds. The van der Waals surface area contributed by atoms with Crippen molar-refractivity contribution in [3.05, 3.63) is 51.3 Å². The number of amides is 1. The number of carbonyl (C=O) groups excluding carboxylic acids is 1. The summed E-state index contributed by atoms with van der Waals surface area (Å²) >= 11 is 3.52. The van der Waals surface area contributed by atoms with E-state index in [1.54, 1.807) is 16.9 Å². The van der Waals surface area contributed by atoms with Gasteiger partial charge in [-0.3, -0.25) is 14.2 Å². The number of rotatable bonds is 7. The van der Waals surface area contributed by atoms with Gasteiger partial charge in [0, 0.05) is 25.0 Å². The van der Waals surface area contributed by atoms with E-state index in [1.165, 1.54) is 0 Å². The lowest BCUT2D eigenvalue weighted by atomic mass is 10.3. The molecule has 0 aliphatic rings. The maximum absolute atomic E-state index is 12.3. The van der Waals surface area contributed by atoms with Gasteiger partial charge in [-0.25, -0.2) is 4.68 Å². The summed E-state index contributed by atoms with van der Waals surface area (Å²) < 4.78 is 6.51. The highest BCUT2D eigenvalue weighted by molar-refractivity contribution is 9.10. The number of carbonyl (C=O) groups is 1. The molecular formula is C18H24BrN7O. The van der Waals surface area contributed by atoms with Crippen molar-refractivity contribution in [2.24, 2.45) is 0 Å². The van der Waals surface area contributed by atoms with Gasteiger partial charge in [0.15, 0.2) is 0 Å². The first-order valence-electron chi connectivity index (χ1n) is 8.87. The molecule has 0 saturated carbocycles. The van der Waals surface area contributed by atoms with Crippen molar-refractivity contribution in [2.75, 3.05) is 6.54 Å². The molecule has 8 nitrogen and oxygen atoms in total. The summed E-state index contributed by atoms with van der Waals surface area (Å²) in [5.41, 5.74) is 4.50. The van der Waals surface area contributed by atoms with Gasteiger partial charge in [0.2, 0.25) is 0 Å². The Hall–Kier alpha value is -2.42. The Balaban J connectivity index is 1.51. The maximum Gasteiger partial charge on any atom is 0.271 e. The lowest BCUT2D eigenvalue weighted by molar-refractivity contribution is 0.0946. The van der Waals surface area contributed by atoms with Crippen molar-refractivity contribution < 1.29 is 4.79 Å². The average molecular weight is 434 g/mol. The van der Waals surface area contributed by atoms with Crippen LogP contribution in [0.3, 0.4) is 0 Å². The Morgan fingerprint density at radius 3 is 2.56 bits per heavy atom. The molecule has 3 aromatic rings. The first-order valence-corrected chi connectivity index (χ1v) is 9.66. The molecule has 1 N–H and O–H groups in total. The molecule has 9 heteroatoms. The lowest BCUT2D eigenvalue weighted by Gasteiger charge is -2.06. The minimum Gasteiger partial charge on any atom is -0.351 e. The zero-order chi connectivity index (χ0) is 19.6. The molecule has 0 aliphatic heterocycles. The van der Waals surface area contributed by atoms with Crippen molar-refractivity contribution in [3.8, 4) is 0 Å². The largest absolute Gasteiger partial charge is 0.351 e. The molecule has 144 valence electrons. The highest BCUT2D eigenvalue weighted by Gasteiger charge is 2.12. The Labute approximate surface area is 166 Å². The first-order chi connectivity index (χ1) is 12.8. The normalized spacial score (nSPS) is 11.1. The fraction of sp³-hybridized carbons (Fsp3) is 0.444. The fourth-order valence-corrected chi connectivity index (χ4v) is 3.22. The van der Waals surface area contributed by atoms with Gasteiger partial charge in [-0.2, -0.15) is 15.3 Å².